The van der Waals surface area contributed by atoms with Gasteiger partial charge in [-0.15, -0.1) is 0 Å². The van der Waals surface area contributed by atoms with E-state index in [9.17, 15) is 4.79 Å². The predicted octanol–water partition coefficient (Wildman–Crippen LogP) is 5.27. The van der Waals surface area contributed by atoms with E-state index in [-0.39, 0.29) is 11.7 Å². The van der Waals surface area contributed by atoms with E-state index in [4.69, 9.17) is 9.15 Å². The van der Waals surface area contributed by atoms with Crippen LogP contribution in [0.5, 0.6) is 5.75 Å². The van der Waals surface area contributed by atoms with E-state index in [1.807, 2.05) is 60.7 Å². The van der Waals surface area contributed by atoms with E-state index in [2.05, 4.69) is 10.3 Å². The van der Waals surface area contributed by atoms with Crippen molar-refractivity contribution in [1.29, 1.82) is 0 Å². The van der Waals surface area contributed by atoms with Gasteiger partial charge in [0.05, 0.1) is 7.11 Å². The molecule has 0 radical (unpaired) electrons. The number of carbonyl (C=O) groups excluding carboxylic acids is 1. The fourth-order valence-electron chi connectivity index (χ4n) is 2.83. The maximum Gasteiger partial charge on any atom is 0.293 e. The summed E-state index contributed by atoms with van der Waals surface area (Å²) < 4.78 is 11.0. The van der Waals surface area contributed by atoms with Crippen LogP contribution in [0.1, 0.15) is 10.6 Å². The highest BCUT2D eigenvalue weighted by molar-refractivity contribution is 6.06. The first-order chi connectivity index (χ1) is 13.7. The molecule has 1 N–H and O–H groups in total. The van der Waals surface area contributed by atoms with Crippen molar-refractivity contribution in [1.82, 2.24) is 4.98 Å². The number of methoxy groups -OCH3 is 1. The minimum absolute atomic E-state index is 0.167. The number of oxazole rings is 1. The summed E-state index contributed by atoms with van der Waals surface area (Å²) in [6, 6.07) is 26.1. The number of ether oxygens (including phenoxy) is 1. The molecule has 0 aliphatic heterocycles. The molecule has 0 aliphatic carbocycles. The van der Waals surface area contributed by atoms with Gasteiger partial charge >= 0.3 is 0 Å². The molecule has 0 saturated carbocycles. The summed E-state index contributed by atoms with van der Waals surface area (Å²) in [5, 5.41) is 2.86. The lowest BCUT2D eigenvalue weighted by molar-refractivity contribution is 0.0998. The zero-order valence-electron chi connectivity index (χ0n) is 15.3. The van der Waals surface area contributed by atoms with E-state index in [1.165, 1.54) is 0 Å². The second-order valence-corrected chi connectivity index (χ2v) is 6.11. The molecule has 0 unspecified atom stereocenters. The summed E-state index contributed by atoms with van der Waals surface area (Å²) in [4.78, 5) is 17.5. The SMILES string of the molecule is COc1ccc(NC(=O)c2oc(-c3ccccc3)nc2-c2ccccc2)cc1. The molecule has 0 saturated heterocycles. The highest BCUT2D eigenvalue weighted by atomic mass is 16.5. The van der Waals surface area contributed by atoms with Crippen molar-refractivity contribution in [3.63, 3.8) is 0 Å². The predicted molar refractivity (Wildman–Crippen MR) is 108 cm³/mol. The van der Waals surface area contributed by atoms with Gasteiger partial charge in [-0.05, 0) is 36.4 Å². The Morgan fingerprint density at radius 1 is 0.857 bits per heavy atom. The third kappa shape index (κ3) is 3.64. The topological polar surface area (TPSA) is 64.4 Å². The third-order valence-corrected chi connectivity index (χ3v) is 4.25. The maximum absolute atomic E-state index is 12.9. The fraction of sp³-hybridized carbons (Fsp3) is 0.0435. The van der Waals surface area contributed by atoms with E-state index in [0.29, 0.717) is 23.0 Å². The summed E-state index contributed by atoms with van der Waals surface area (Å²) in [5.74, 6) is 0.924. The van der Waals surface area contributed by atoms with Gasteiger partial charge in [0.1, 0.15) is 11.4 Å². The Balaban J connectivity index is 1.71. The third-order valence-electron chi connectivity index (χ3n) is 4.25. The van der Waals surface area contributed by atoms with Crippen molar-refractivity contribution in [2.24, 2.45) is 0 Å². The normalized spacial score (nSPS) is 10.5. The molecule has 5 nitrogen and oxygen atoms in total. The Kier molecular flexibility index (Phi) is 4.89. The lowest BCUT2D eigenvalue weighted by atomic mass is 10.1. The molecule has 138 valence electrons. The first-order valence-corrected chi connectivity index (χ1v) is 8.81. The highest BCUT2D eigenvalue weighted by Gasteiger charge is 2.22. The van der Waals surface area contributed by atoms with Gasteiger partial charge in [0.25, 0.3) is 5.91 Å². The van der Waals surface area contributed by atoms with Gasteiger partial charge in [0, 0.05) is 16.8 Å². The van der Waals surface area contributed by atoms with Crippen LogP contribution in [0.2, 0.25) is 0 Å². The van der Waals surface area contributed by atoms with Gasteiger partial charge in [-0.1, -0.05) is 48.5 Å². The number of nitrogens with one attached hydrogen (secondary N) is 1. The molecule has 0 spiro atoms. The zero-order chi connectivity index (χ0) is 19.3. The van der Waals surface area contributed by atoms with Crippen LogP contribution >= 0.6 is 0 Å². The summed E-state index contributed by atoms with van der Waals surface area (Å²) in [5.41, 5.74) is 2.77. The van der Waals surface area contributed by atoms with E-state index >= 15 is 0 Å². The lowest BCUT2D eigenvalue weighted by Crippen LogP contribution is -2.12. The van der Waals surface area contributed by atoms with Crippen molar-refractivity contribution >= 4 is 11.6 Å². The number of hydrogen-bond acceptors (Lipinski definition) is 4. The summed E-state index contributed by atoms with van der Waals surface area (Å²) in [7, 11) is 1.60. The molecule has 4 aromatic rings. The maximum atomic E-state index is 12.9. The minimum Gasteiger partial charge on any atom is -0.497 e. The molecule has 1 heterocycles. The molecule has 4 rings (SSSR count). The molecular formula is C23H18N2O3. The molecule has 1 aromatic heterocycles. The average Bonchev–Trinajstić information content (AvgIpc) is 3.21. The Hall–Kier alpha value is -3.86. The number of nitrogens with zero attached hydrogens (tertiary/aromatic N) is 1. The van der Waals surface area contributed by atoms with E-state index in [1.54, 1.807) is 31.4 Å². The minimum atomic E-state index is -0.362. The van der Waals surface area contributed by atoms with E-state index < -0.39 is 0 Å². The van der Waals surface area contributed by atoms with Crippen molar-refractivity contribution in [2.75, 3.05) is 12.4 Å². The molecule has 0 fully saturated rings. The Morgan fingerprint density at radius 3 is 2.07 bits per heavy atom. The lowest BCUT2D eigenvalue weighted by Gasteiger charge is -2.05. The molecular weight excluding hydrogens is 352 g/mol. The molecule has 3 aromatic carbocycles. The fourth-order valence-corrected chi connectivity index (χ4v) is 2.83. The van der Waals surface area contributed by atoms with Gasteiger partial charge in [0.2, 0.25) is 11.7 Å². The van der Waals surface area contributed by atoms with Crippen LogP contribution in [-0.4, -0.2) is 18.0 Å². The van der Waals surface area contributed by atoms with Crippen molar-refractivity contribution < 1.29 is 13.9 Å². The van der Waals surface area contributed by atoms with E-state index in [0.717, 1.165) is 11.1 Å². The van der Waals surface area contributed by atoms with Crippen molar-refractivity contribution in [2.45, 2.75) is 0 Å². The van der Waals surface area contributed by atoms with Gasteiger partial charge in [-0.3, -0.25) is 4.79 Å². The highest BCUT2D eigenvalue weighted by Crippen LogP contribution is 2.29. The number of aromatic nitrogens is 1. The Morgan fingerprint density at radius 2 is 1.46 bits per heavy atom. The van der Waals surface area contributed by atoms with Gasteiger partial charge in [0.15, 0.2) is 0 Å². The number of amides is 1. The number of benzene rings is 3. The molecule has 5 heteroatoms. The number of anilines is 1. The van der Waals surface area contributed by atoms with Gasteiger partial charge in [-0.25, -0.2) is 4.98 Å². The largest absolute Gasteiger partial charge is 0.497 e. The first-order valence-electron chi connectivity index (χ1n) is 8.81. The Labute approximate surface area is 162 Å². The van der Waals surface area contributed by atoms with Crippen LogP contribution in [0.15, 0.2) is 89.3 Å². The second-order valence-electron chi connectivity index (χ2n) is 6.11. The van der Waals surface area contributed by atoms with Crippen LogP contribution in [0.25, 0.3) is 22.7 Å². The van der Waals surface area contributed by atoms with Gasteiger partial charge in [-0.2, -0.15) is 0 Å². The summed E-state index contributed by atoms with van der Waals surface area (Å²) in [6.45, 7) is 0. The molecule has 28 heavy (non-hydrogen) atoms. The molecule has 0 atom stereocenters. The molecule has 0 aliphatic rings. The van der Waals surface area contributed by atoms with Crippen molar-refractivity contribution in [3.05, 3.63) is 90.7 Å². The van der Waals surface area contributed by atoms with Crippen LogP contribution < -0.4 is 10.1 Å². The summed E-state index contributed by atoms with van der Waals surface area (Å²) >= 11 is 0. The van der Waals surface area contributed by atoms with Crippen LogP contribution in [0.4, 0.5) is 5.69 Å². The average molecular weight is 370 g/mol. The number of hydrogen-bond donors (Lipinski definition) is 1. The smallest absolute Gasteiger partial charge is 0.293 e. The van der Waals surface area contributed by atoms with Crippen LogP contribution in [0, 0.1) is 0 Å². The first kappa shape index (κ1) is 17.5. The van der Waals surface area contributed by atoms with Crippen LogP contribution in [-0.2, 0) is 0 Å². The number of rotatable bonds is 5. The van der Waals surface area contributed by atoms with Crippen LogP contribution in [0.3, 0.4) is 0 Å². The Bertz CT molecular complexity index is 1070. The van der Waals surface area contributed by atoms with Gasteiger partial charge < -0.3 is 14.5 Å². The zero-order valence-corrected chi connectivity index (χ0v) is 15.3. The summed E-state index contributed by atoms with van der Waals surface area (Å²) in [6.07, 6.45) is 0. The monoisotopic (exact) mass is 370 g/mol. The van der Waals surface area contributed by atoms with Crippen molar-refractivity contribution in [3.8, 4) is 28.5 Å². The number of carbonyl (C=O) groups is 1. The standard InChI is InChI=1S/C23H18N2O3/c1-27-19-14-12-18(13-15-19)24-22(26)21-20(16-8-4-2-5-9-16)25-23(28-21)17-10-6-3-7-11-17/h2-15H,1H3,(H,24,26). The molecule has 0 bridgehead atoms. The second kappa shape index (κ2) is 7.80. The quantitative estimate of drug-likeness (QED) is 0.520. The molecule has 1 amide bonds.